The van der Waals surface area contributed by atoms with E-state index >= 15 is 0 Å². The molecule has 0 unspecified atom stereocenters. The van der Waals surface area contributed by atoms with Crippen LogP contribution in [0.3, 0.4) is 0 Å². The van der Waals surface area contributed by atoms with Crippen molar-refractivity contribution in [1.82, 2.24) is 0 Å². The normalized spacial score (nSPS) is 23.1. The molecule has 1 N–H and O–H groups in total. The highest BCUT2D eigenvalue weighted by atomic mass is 16.5. The minimum Gasteiger partial charge on any atom is -0.494 e. The molecular weight excluding hydrogens is 280 g/mol. The van der Waals surface area contributed by atoms with E-state index in [0.717, 1.165) is 25.9 Å². The van der Waals surface area contributed by atoms with Crippen LogP contribution in [-0.4, -0.2) is 37.6 Å². The molecule has 0 aliphatic carbocycles. The molecule has 1 aromatic carbocycles. The van der Waals surface area contributed by atoms with Gasteiger partial charge in [0.25, 0.3) is 5.91 Å². The number of hydrogen-bond acceptors (Lipinski definition) is 3. The summed E-state index contributed by atoms with van der Waals surface area (Å²) >= 11 is 0. The Labute approximate surface area is 130 Å². The second-order valence-corrected chi connectivity index (χ2v) is 5.97. The number of quaternary nitrogens is 1. The van der Waals surface area contributed by atoms with Crippen LogP contribution in [0, 0.1) is 0 Å². The fourth-order valence-corrected chi connectivity index (χ4v) is 3.46. The van der Waals surface area contributed by atoms with Gasteiger partial charge in [0.1, 0.15) is 5.75 Å². The molecule has 2 fully saturated rings. The van der Waals surface area contributed by atoms with Gasteiger partial charge in [-0.2, -0.15) is 0 Å². The van der Waals surface area contributed by atoms with Crippen LogP contribution in [0.4, 0.5) is 5.69 Å². The monoisotopic (exact) mass is 303 g/mol. The molecule has 118 valence electrons. The van der Waals surface area contributed by atoms with E-state index in [-0.39, 0.29) is 17.9 Å². The average molecular weight is 303 g/mol. The van der Waals surface area contributed by atoms with Crippen molar-refractivity contribution in [3.05, 3.63) is 24.3 Å². The summed E-state index contributed by atoms with van der Waals surface area (Å²) in [6.45, 7) is 4.47. The average Bonchev–Trinajstić information content (AvgIpc) is 2.84. The van der Waals surface area contributed by atoms with Crippen LogP contribution in [0.15, 0.2) is 24.3 Å². The molecule has 0 spiro atoms. The van der Waals surface area contributed by atoms with Crippen LogP contribution >= 0.6 is 0 Å². The molecule has 1 aromatic rings. The molecule has 0 saturated carbocycles. The van der Waals surface area contributed by atoms with E-state index in [4.69, 9.17) is 4.74 Å². The van der Waals surface area contributed by atoms with Crippen molar-refractivity contribution in [1.29, 1.82) is 0 Å². The van der Waals surface area contributed by atoms with E-state index in [0.29, 0.717) is 24.5 Å². The third-order valence-corrected chi connectivity index (χ3v) is 4.52. The Kier molecular flexibility index (Phi) is 4.43. The van der Waals surface area contributed by atoms with Gasteiger partial charge in [0.2, 0.25) is 5.91 Å². The van der Waals surface area contributed by atoms with Crippen LogP contribution in [-0.2, 0) is 9.59 Å². The zero-order valence-corrected chi connectivity index (χ0v) is 13.0. The van der Waals surface area contributed by atoms with Gasteiger partial charge in [-0.05, 0) is 38.3 Å². The smallest absolute Gasteiger partial charge is 0.292 e. The topological polar surface area (TPSA) is 51.0 Å². The van der Waals surface area contributed by atoms with Gasteiger partial charge >= 0.3 is 0 Å². The van der Waals surface area contributed by atoms with Gasteiger partial charge in [0.15, 0.2) is 6.04 Å². The molecule has 0 radical (unpaired) electrons. The zero-order chi connectivity index (χ0) is 15.5. The number of amides is 2. The maximum absolute atomic E-state index is 12.7. The lowest BCUT2D eigenvalue weighted by molar-refractivity contribution is -0.919. The van der Waals surface area contributed by atoms with Gasteiger partial charge in [-0.1, -0.05) is 6.07 Å². The van der Waals surface area contributed by atoms with Gasteiger partial charge in [0.05, 0.1) is 31.8 Å². The Hall–Kier alpha value is -1.88. The first kappa shape index (κ1) is 15.0. The Balaban J connectivity index is 1.80. The van der Waals surface area contributed by atoms with Crippen LogP contribution in [0.5, 0.6) is 5.75 Å². The van der Waals surface area contributed by atoms with Gasteiger partial charge in [-0.25, -0.2) is 4.90 Å². The zero-order valence-electron chi connectivity index (χ0n) is 13.0. The van der Waals surface area contributed by atoms with Crippen molar-refractivity contribution in [2.24, 2.45) is 0 Å². The summed E-state index contributed by atoms with van der Waals surface area (Å²) in [6.07, 6.45) is 3.85. The van der Waals surface area contributed by atoms with E-state index < -0.39 is 0 Å². The predicted molar refractivity (Wildman–Crippen MR) is 83.1 cm³/mol. The molecule has 3 rings (SSSR count). The minimum atomic E-state index is -0.205. The molecule has 2 aliphatic rings. The number of carbonyl (C=O) groups excluding carboxylic acids is 2. The quantitative estimate of drug-likeness (QED) is 0.837. The van der Waals surface area contributed by atoms with Crippen molar-refractivity contribution < 1.29 is 19.2 Å². The van der Waals surface area contributed by atoms with Crippen LogP contribution < -0.4 is 14.5 Å². The molecule has 22 heavy (non-hydrogen) atoms. The number of imide groups is 1. The number of rotatable bonds is 4. The molecule has 2 heterocycles. The maximum atomic E-state index is 12.7. The number of nitrogens with zero attached hydrogens (tertiary/aromatic N) is 1. The first-order valence-corrected chi connectivity index (χ1v) is 8.15. The number of nitrogens with one attached hydrogen (secondary N) is 1. The molecule has 1 atom stereocenters. The molecule has 5 nitrogen and oxygen atoms in total. The van der Waals surface area contributed by atoms with Crippen molar-refractivity contribution >= 4 is 17.5 Å². The third-order valence-electron chi connectivity index (χ3n) is 4.52. The second kappa shape index (κ2) is 6.48. The summed E-state index contributed by atoms with van der Waals surface area (Å²) in [5, 5.41) is 0. The molecule has 2 saturated heterocycles. The first-order chi connectivity index (χ1) is 10.7. The lowest BCUT2D eigenvalue weighted by atomic mass is 10.1. The van der Waals surface area contributed by atoms with E-state index in [1.807, 2.05) is 19.1 Å². The highest BCUT2D eigenvalue weighted by Gasteiger charge is 2.45. The van der Waals surface area contributed by atoms with Gasteiger partial charge in [-0.15, -0.1) is 0 Å². The third kappa shape index (κ3) is 2.86. The molecular formula is C17H23N2O3+. The number of benzene rings is 1. The fourth-order valence-electron chi connectivity index (χ4n) is 3.46. The number of hydrogen-bond donors (Lipinski definition) is 1. The van der Waals surface area contributed by atoms with Gasteiger partial charge in [0, 0.05) is 6.07 Å². The van der Waals surface area contributed by atoms with E-state index in [1.165, 1.54) is 16.2 Å². The predicted octanol–water partition coefficient (Wildman–Crippen LogP) is 0.786. The lowest BCUT2D eigenvalue weighted by Gasteiger charge is -2.27. The minimum absolute atomic E-state index is 0.0597. The van der Waals surface area contributed by atoms with Crippen molar-refractivity contribution in [2.45, 2.75) is 38.6 Å². The van der Waals surface area contributed by atoms with Gasteiger partial charge in [-0.3, -0.25) is 9.59 Å². The molecule has 0 aromatic heterocycles. The second-order valence-electron chi connectivity index (χ2n) is 5.97. The number of anilines is 1. The molecule has 0 bridgehead atoms. The number of likely N-dealkylation sites (tertiary alicyclic amines) is 1. The van der Waals surface area contributed by atoms with Crippen LogP contribution in [0.2, 0.25) is 0 Å². The first-order valence-electron chi connectivity index (χ1n) is 8.15. The van der Waals surface area contributed by atoms with E-state index in [1.54, 1.807) is 12.1 Å². The van der Waals surface area contributed by atoms with E-state index in [2.05, 4.69) is 0 Å². The van der Waals surface area contributed by atoms with Crippen molar-refractivity contribution in [3.63, 3.8) is 0 Å². The van der Waals surface area contributed by atoms with E-state index in [9.17, 15) is 9.59 Å². The summed E-state index contributed by atoms with van der Waals surface area (Å²) in [5.41, 5.74) is 0.625. The van der Waals surface area contributed by atoms with Crippen LogP contribution in [0.1, 0.15) is 32.6 Å². The summed E-state index contributed by atoms with van der Waals surface area (Å²) in [4.78, 5) is 27.7. The summed E-state index contributed by atoms with van der Waals surface area (Å²) in [6, 6.07) is 7.02. The maximum Gasteiger partial charge on any atom is 0.292 e. The van der Waals surface area contributed by atoms with Gasteiger partial charge < -0.3 is 9.64 Å². The summed E-state index contributed by atoms with van der Waals surface area (Å²) in [7, 11) is 0. The van der Waals surface area contributed by atoms with Crippen molar-refractivity contribution in [2.75, 3.05) is 24.6 Å². The molecule has 5 heteroatoms. The Morgan fingerprint density at radius 3 is 2.73 bits per heavy atom. The SMILES string of the molecule is CCOc1cccc(N2C(=O)C[C@@H]([NH+]3CCCCC3)C2=O)c1. The Morgan fingerprint density at radius 1 is 1.23 bits per heavy atom. The lowest BCUT2D eigenvalue weighted by Crippen LogP contribution is -3.17. The Bertz CT molecular complexity index is 567. The molecule has 2 aliphatic heterocycles. The fraction of sp³-hybridized carbons (Fsp3) is 0.529. The van der Waals surface area contributed by atoms with Crippen molar-refractivity contribution in [3.8, 4) is 5.75 Å². The largest absolute Gasteiger partial charge is 0.494 e. The summed E-state index contributed by atoms with van der Waals surface area (Å²) < 4.78 is 5.47. The number of ether oxygens (including phenoxy) is 1. The highest BCUT2D eigenvalue weighted by Crippen LogP contribution is 2.26. The number of carbonyl (C=O) groups is 2. The van der Waals surface area contributed by atoms with Crippen LogP contribution in [0.25, 0.3) is 0 Å². The molecule has 2 amide bonds. The number of piperidine rings is 1. The Morgan fingerprint density at radius 2 is 2.00 bits per heavy atom. The summed E-state index contributed by atoms with van der Waals surface area (Å²) in [5.74, 6) is 0.534. The standard InChI is InChI=1S/C17H22N2O3/c1-2-22-14-8-6-7-13(11-14)19-16(20)12-15(17(19)21)18-9-4-3-5-10-18/h6-8,11,15H,2-5,9-10,12H2,1H3/p+1/t15-/m1/s1. The highest BCUT2D eigenvalue weighted by molar-refractivity contribution is 6.21.